The van der Waals surface area contributed by atoms with E-state index in [-0.39, 0.29) is 17.7 Å². The fraction of sp³-hybridized carbons (Fsp3) is 0.119. The number of hydrogen-bond acceptors (Lipinski definition) is 4. The van der Waals surface area contributed by atoms with E-state index in [1.807, 2.05) is 54.7 Å². The van der Waals surface area contributed by atoms with Gasteiger partial charge in [-0.15, -0.1) is 0 Å². The summed E-state index contributed by atoms with van der Waals surface area (Å²) in [4.78, 5) is 7.28. The van der Waals surface area contributed by atoms with Crippen LogP contribution in [0.1, 0.15) is 59.6 Å². The smallest absolute Gasteiger partial charge is 0.127 e. The lowest BCUT2D eigenvalue weighted by Gasteiger charge is -2.32. The first kappa shape index (κ1) is 29.4. The number of hydrogen-bond donors (Lipinski definition) is 2. The summed E-state index contributed by atoms with van der Waals surface area (Å²) in [5.41, 5.74) is 19.1. The topological polar surface area (TPSA) is 53.6 Å². The second-order valence-electron chi connectivity index (χ2n) is 12.4. The molecule has 0 amide bonds. The summed E-state index contributed by atoms with van der Waals surface area (Å²) in [6.07, 6.45) is 9.66. The number of allylic oxidation sites excluding steroid dienone is 4. The number of anilines is 2. The van der Waals surface area contributed by atoms with Crippen molar-refractivity contribution in [1.29, 1.82) is 0 Å². The van der Waals surface area contributed by atoms with E-state index < -0.39 is 0 Å². The van der Waals surface area contributed by atoms with Crippen LogP contribution < -0.4 is 16.0 Å². The van der Waals surface area contributed by atoms with Crippen molar-refractivity contribution in [2.45, 2.75) is 31.6 Å². The molecule has 0 spiro atoms. The molecule has 5 aromatic rings. The van der Waals surface area contributed by atoms with Crippen molar-refractivity contribution in [2.75, 3.05) is 4.90 Å². The molecule has 0 saturated heterocycles. The monoisotopic (exact) mass is 598 g/mol. The number of nitrogens with zero attached hydrogens (tertiary/aromatic N) is 2. The van der Waals surface area contributed by atoms with Gasteiger partial charge in [-0.05, 0) is 62.7 Å². The molecule has 1 aliphatic heterocycles. The number of nitrogens with one attached hydrogen (secondary N) is 1. The first-order chi connectivity index (χ1) is 22.4. The molecule has 1 aliphatic carbocycles. The highest BCUT2D eigenvalue weighted by atomic mass is 15.1. The molecule has 4 nitrogen and oxygen atoms in total. The molecule has 0 bridgehead atoms. The molecular weight excluding hydrogens is 560 g/mol. The minimum Gasteiger partial charge on any atom is -0.316 e. The third kappa shape index (κ3) is 5.43. The van der Waals surface area contributed by atoms with Gasteiger partial charge in [-0.1, -0.05) is 142 Å². The second kappa shape index (κ2) is 12.2. The van der Waals surface area contributed by atoms with Crippen molar-refractivity contribution in [1.82, 2.24) is 5.32 Å². The van der Waals surface area contributed by atoms with Crippen molar-refractivity contribution < 1.29 is 0 Å². The molecule has 2 unspecified atom stereocenters. The molecule has 2 aliphatic rings. The SMILES string of the molecule is C=C1/C=C\C=C/N(c2ccc(C=NC(NC(N)c3ccccc3)c3ccccc3)cc2)c2c1ccc1c2C(C)(C)c2ccccc2-1. The molecule has 2 atom stereocenters. The average Bonchev–Trinajstić information content (AvgIpc) is 3.32. The van der Waals surface area contributed by atoms with Crippen LogP contribution in [0.15, 0.2) is 157 Å². The average molecular weight is 599 g/mol. The van der Waals surface area contributed by atoms with E-state index in [2.05, 4.69) is 128 Å². The maximum absolute atomic E-state index is 6.56. The van der Waals surface area contributed by atoms with Crippen LogP contribution in [0.3, 0.4) is 0 Å². The Morgan fingerprint density at radius 1 is 0.739 bits per heavy atom. The summed E-state index contributed by atoms with van der Waals surface area (Å²) in [6, 6.07) is 42.1. The lowest BCUT2D eigenvalue weighted by atomic mass is 9.79. The summed E-state index contributed by atoms with van der Waals surface area (Å²) >= 11 is 0. The van der Waals surface area contributed by atoms with Crippen molar-refractivity contribution in [3.8, 4) is 11.1 Å². The van der Waals surface area contributed by atoms with Crippen LogP contribution in [-0.4, -0.2) is 6.21 Å². The van der Waals surface area contributed by atoms with Crippen LogP contribution in [-0.2, 0) is 5.41 Å². The number of rotatable bonds is 7. The van der Waals surface area contributed by atoms with Gasteiger partial charge in [0.05, 0.1) is 11.9 Å². The zero-order valence-corrected chi connectivity index (χ0v) is 26.3. The van der Waals surface area contributed by atoms with E-state index in [4.69, 9.17) is 10.7 Å². The van der Waals surface area contributed by atoms with E-state index in [9.17, 15) is 0 Å². The largest absolute Gasteiger partial charge is 0.316 e. The maximum atomic E-state index is 6.56. The molecule has 4 heteroatoms. The predicted octanol–water partition coefficient (Wildman–Crippen LogP) is 9.59. The van der Waals surface area contributed by atoms with Crippen LogP contribution in [0.4, 0.5) is 11.4 Å². The lowest BCUT2D eigenvalue weighted by Crippen LogP contribution is -2.31. The van der Waals surface area contributed by atoms with Gasteiger partial charge in [-0.2, -0.15) is 0 Å². The Morgan fingerprint density at radius 3 is 2.13 bits per heavy atom. The Bertz CT molecular complexity index is 1970. The number of aliphatic imine (C=N–C) groups is 1. The Balaban J connectivity index is 1.23. The van der Waals surface area contributed by atoms with E-state index in [1.165, 1.54) is 27.9 Å². The van der Waals surface area contributed by atoms with E-state index in [0.717, 1.165) is 33.5 Å². The third-order valence-corrected chi connectivity index (χ3v) is 9.08. The molecule has 1 heterocycles. The molecule has 5 aromatic carbocycles. The summed E-state index contributed by atoms with van der Waals surface area (Å²) in [7, 11) is 0. The van der Waals surface area contributed by atoms with Gasteiger partial charge >= 0.3 is 0 Å². The normalized spacial score (nSPS) is 17.4. The summed E-state index contributed by atoms with van der Waals surface area (Å²) in [5, 5.41) is 3.50. The molecule has 3 N–H and O–H groups in total. The Kier molecular flexibility index (Phi) is 7.83. The van der Waals surface area contributed by atoms with Gasteiger partial charge in [0.1, 0.15) is 6.17 Å². The van der Waals surface area contributed by atoms with Crippen molar-refractivity contribution in [2.24, 2.45) is 10.7 Å². The number of nitrogens with two attached hydrogens (primary N) is 1. The fourth-order valence-corrected chi connectivity index (χ4v) is 6.71. The van der Waals surface area contributed by atoms with Gasteiger partial charge in [-0.25, -0.2) is 0 Å². The molecular formula is C42H38N4. The van der Waals surface area contributed by atoms with Gasteiger partial charge in [0.25, 0.3) is 0 Å². The molecule has 0 radical (unpaired) electrons. The van der Waals surface area contributed by atoms with E-state index in [0.29, 0.717) is 0 Å². The molecule has 46 heavy (non-hydrogen) atoms. The van der Waals surface area contributed by atoms with Crippen molar-refractivity contribution >= 4 is 23.2 Å². The predicted molar refractivity (Wildman–Crippen MR) is 193 cm³/mol. The maximum Gasteiger partial charge on any atom is 0.127 e. The zero-order valence-electron chi connectivity index (χ0n) is 26.3. The molecule has 0 fully saturated rings. The first-order valence-electron chi connectivity index (χ1n) is 15.8. The summed E-state index contributed by atoms with van der Waals surface area (Å²) < 4.78 is 0. The second-order valence-corrected chi connectivity index (χ2v) is 12.4. The van der Waals surface area contributed by atoms with Gasteiger partial charge in [0.2, 0.25) is 0 Å². The Morgan fingerprint density at radius 2 is 1.39 bits per heavy atom. The minimum absolute atomic E-state index is 0.167. The molecule has 7 rings (SSSR count). The highest BCUT2D eigenvalue weighted by Crippen LogP contribution is 2.55. The van der Waals surface area contributed by atoms with E-state index >= 15 is 0 Å². The molecule has 0 aromatic heterocycles. The highest BCUT2D eigenvalue weighted by Gasteiger charge is 2.39. The quantitative estimate of drug-likeness (QED) is 0.145. The van der Waals surface area contributed by atoms with Crippen molar-refractivity contribution in [3.63, 3.8) is 0 Å². The van der Waals surface area contributed by atoms with Crippen molar-refractivity contribution in [3.05, 3.63) is 186 Å². The van der Waals surface area contributed by atoms with Gasteiger partial charge in [-0.3, -0.25) is 10.3 Å². The Labute approximate surface area is 272 Å². The number of fused-ring (bicyclic) bond motifs is 5. The summed E-state index contributed by atoms with van der Waals surface area (Å²) in [5.74, 6) is 0. The van der Waals surface area contributed by atoms with Crippen LogP contribution >= 0.6 is 0 Å². The third-order valence-electron chi connectivity index (χ3n) is 9.08. The zero-order chi connectivity index (χ0) is 31.7. The van der Waals surface area contributed by atoms with Gasteiger partial charge < -0.3 is 10.6 Å². The van der Waals surface area contributed by atoms with Crippen LogP contribution in [0.25, 0.3) is 16.7 Å². The Hall–Kier alpha value is -5.29. The van der Waals surface area contributed by atoms with Crippen LogP contribution in [0, 0.1) is 0 Å². The molecule has 0 saturated carbocycles. The van der Waals surface area contributed by atoms with Crippen LogP contribution in [0.5, 0.6) is 0 Å². The first-order valence-corrected chi connectivity index (χ1v) is 15.8. The lowest BCUT2D eigenvalue weighted by molar-refractivity contribution is 0.467. The highest BCUT2D eigenvalue weighted by molar-refractivity contribution is 5.95. The summed E-state index contributed by atoms with van der Waals surface area (Å²) in [6.45, 7) is 9.11. The standard InChI is InChI=1S/C42H38N4/c1-29-14-12-13-27-46(39-34(29)25-26-36-35-19-10-11-20-37(35)42(2,3)38(36)39)33-23-21-30(22-24-33)28-44-41(32-17-8-5-9-18-32)45-40(43)31-15-6-4-7-16-31/h4-28,40-41,45H,1,43H2,2-3H3/b14-12-,27-13-,44-28?. The van der Waals surface area contributed by atoms with E-state index in [1.54, 1.807) is 0 Å². The fourth-order valence-electron chi connectivity index (χ4n) is 6.71. The number of benzene rings is 5. The minimum atomic E-state index is -0.356. The van der Waals surface area contributed by atoms with Crippen LogP contribution in [0.2, 0.25) is 0 Å². The molecule has 226 valence electrons. The van der Waals surface area contributed by atoms with Gasteiger partial charge in [0.15, 0.2) is 0 Å². The van der Waals surface area contributed by atoms with Gasteiger partial charge in [0, 0.05) is 29.1 Å².